The third-order valence-electron chi connectivity index (χ3n) is 5.25. The lowest BCUT2D eigenvalue weighted by atomic mass is 10.1. The second kappa shape index (κ2) is 8.11. The van der Waals surface area contributed by atoms with E-state index < -0.39 is 0 Å². The van der Waals surface area contributed by atoms with Crippen LogP contribution in [-0.2, 0) is 13.1 Å². The summed E-state index contributed by atoms with van der Waals surface area (Å²) in [6.45, 7) is 4.24. The number of aryl methyl sites for hydroxylation is 1. The van der Waals surface area contributed by atoms with Gasteiger partial charge in [0.2, 0.25) is 0 Å². The third-order valence-corrected chi connectivity index (χ3v) is 5.25. The summed E-state index contributed by atoms with van der Waals surface area (Å²) in [4.78, 5) is 20.0. The van der Waals surface area contributed by atoms with Crippen LogP contribution in [0.3, 0.4) is 0 Å². The first-order chi connectivity index (χ1) is 12.7. The number of para-hydroxylation sites is 2. The molecule has 1 atom stereocenters. The predicted octanol–water partition coefficient (Wildman–Crippen LogP) is 3.91. The van der Waals surface area contributed by atoms with Crippen LogP contribution in [-0.4, -0.2) is 26.9 Å². The van der Waals surface area contributed by atoms with E-state index in [2.05, 4.69) is 17.6 Å². The van der Waals surface area contributed by atoms with Crippen LogP contribution >= 0.6 is 12.4 Å². The van der Waals surface area contributed by atoms with Gasteiger partial charge in [-0.25, -0.2) is 4.98 Å². The maximum atomic E-state index is 13.1. The van der Waals surface area contributed by atoms with Gasteiger partial charge in [0.05, 0.1) is 17.1 Å². The number of benzene rings is 2. The molecule has 142 valence electrons. The number of carbonyl (C=O) groups is 1. The molecule has 1 saturated heterocycles. The smallest absolute Gasteiger partial charge is 0.254 e. The van der Waals surface area contributed by atoms with Gasteiger partial charge in [-0.1, -0.05) is 24.3 Å². The lowest BCUT2D eigenvalue weighted by molar-refractivity contribution is 0.0728. The lowest BCUT2D eigenvalue weighted by Crippen LogP contribution is -2.32. The average Bonchev–Trinajstić information content (AvgIpc) is 3.31. The molecule has 27 heavy (non-hydrogen) atoms. The van der Waals surface area contributed by atoms with Gasteiger partial charge in [-0.2, -0.15) is 0 Å². The number of hydrogen-bond donors (Lipinski definition) is 1. The van der Waals surface area contributed by atoms with Crippen LogP contribution in [0.5, 0.6) is 0 Å². The highest BCUT2D eigenvalue weighted by Crippen LogP contribution is 2.34. The molecular formula is C21H25ClN4O. The van der Waals surface area contributed by atoms with Crippen molar-refractivity contribution < 1.29 is 4.79 Å². The van der Waals surface area contributed by atoms with Gasteiger partial charge in [0.25, 0.3) is 5.91 Å². The number of halogens is 1. The Balaban J connectivity index is 0.00000210. The first kappa shape index (κ1) is 19.4. The van der Waals surface area contributed by atoms with Crippen molar-refractivity contribution in [1.29, 1.82) is 0 Å². The Morgan fingerprint density at radius 3 is 2.63 bits per heavy atom. The molecule has 2 aromatic carbocycles. The van der Waals surface area contributed by atoms with E-state index in [1.807, 2.05) is 47.4 Å². The maximum Gasteiger partial charge on any atom is 0.254 e. The van der Waals surface area contributed by atoms with Crippen molar-refractivity contribution in [3.63, 3.8) is 0 Å². The van der Waals surface area contributed by atoms with E-state index in [0.717, 1.165) is 48.4 Å². The number of amides is 1. The van der Waals surface area contributed by atoms with Crippen molar-refractivity contribution in [3.8, 4) is 0 Å². The fourth-order valence-electron chi connectivity index (χ4n) is 3.91. The van der Waals surface area contributed by atoms with Gasteiger partial charge >= 0.3 is 0 Å². The molecule has 6 heteroatoms. The summed E-state index contributed by atoms with van der Waals surface area (Å²) < 4.78 is 2.24. The molecule has 1 aliphatic heterocycles. The number of nitrogens with two attached hydrogens (primary N) is 1. The monoisotopic (exact) mass is 384 g/mol. The molecule has 0 aliphatic carbocycles. The van der Waals surface area contributed by atoms with Crippen LogP contribution in [0, 0.1) is 0 Å². The third kappa shape index (κ3) is 3.45. The minimum absolute atomic E-state index is 0. The van der Waals surface area contributed by atoms with Gasteiger partial charge in [-0.3, -0.25) is 4.79 Å². The molecule has 1 fully saturated rings. The molecule has 0 spiro atoms. The largest absolute Gasteiger partial charge is 0.328 e. The first-order valence-corrected chi connectivity index (χ1v) is 9.28. The number of carbonyl (C=O) groups excluding carboxylic acids is 1. The highest BCUT2D eigenvalue weighted by molar-refractivity contribution is 5.94. The molecule has 1 unspecified atom stereocenters. The number of hydrogen-bond acceptors (Lipinski definition) is 3. The molecule has 1 aromatic heterocycles. The summed E-state index contributed by atoms with van der Waals surface area (Å²) in [5.74, 6) is 1.07. The Hall–Kier alpha value is -2.37. The Morgan fingerprint density at radius 1 is 1.19 bits per heavy atom. The van der Waals surface area contributed by atoms with Crippen molar-refractivity contribution in [2.75, 3.05) is 6.54 Å². The quantitative estimate of drug-likeness (QED) is 0.741. The first-order valence-electron chi connectivity index (χ1n) is 9.28. The summed E-state index contributed by atoms with van der Waals surface area (Å²) in [7, 11) is 0. The van der Waals surface area contributed by atoms with Crippen molar-refractivity contribution in [2.24, 2.45) is 5.73 Å². The highest BCUT2D eigenvalue weighted by atomic mass is 35.5. The standard InChI is InChI=1S/C21H24N4O.ClH/c1-2-24-18-7-4-3-6-17(18)23-20(24)19-8-5-13-25(19)21(26)16-11-9-15(14-22)10-12-16;/h3-4,6-7,9-12,19H,2,5,8,13-14,22H2,1H3;1H. The maximum absolute atomic E-state index is 13.1. The fraction of sp³-hybridized carbons (Fsp3) is 0.333. The van der Waals surface area contributed by atoms with Crippen molar-refractivity contribution in [1.82, 2.24) is 14.5 Å². The molecule has 2 heterocycles. The van der Waals surface area contributed by atoms with Crippen LogP contribution in [0.1, 0.15) is 47.6 Å². The van der Waals surface area contributed by atoms with Gasteiger partial charge in [0.15, 0.2) is 0 Å². The molecular weight excluding hydrogens is 360 g/mol. The molecule has 4 rings (SSSR count). The summed E-state index contributed by atoms with van der Waals surface area (Å²) in [6.07, 6.45) is 1.96. The number of aromatic nitrogens is 2. The molecule has 5 nitrogen and oxygen atoms in total. The SMILES string of the molecule is CCn1c(C2CCCN2C(=O)c2ccc(CN)cc2)nc2ccccc21.Cl. The van der Waals surface area contributed by atoms with Crippen molar-refractivity contribution in [3.05, 3.63) is 65.5 Å². The Kier molecular flexibility index (Phi) is 5.82. The number of rotatable bonds is 4. The van der Waals surface area contributed by atoms with E-state index in [0.29, 0.717) is 12.1 Å². The molecule has 2 N–H and O–H groups in total. The molecule has 3 aromatic rings. The van der Waals surface area contributed by atoms with Crippen molar-refractivity contribution >= 4 is 29.3 Å². The summed E-state index contributed by atoms with van der Waals surface area (Å²) >= 11 is 0. The van der Waals surface area contributed by atoms with E-state index in [4.69, 9.17) is 10.7 Å². The van der Waals surface area contributed by atoms with Gasteiger partial charge in [0.1, 0.15) is 5.82 Å². The normalized spacial score (nSPS) is 16.5. The fourth-order valence-corrected chi connectivity index (χ4v) is 3.91. The zero-order valence-electron chi connectivity index (χ0n) is 15.5. The van der Waals surface area contributed by atoms with Crippen LogP contribution in [0.15, 0.2) is 48.5 Å². The zero-order valence-corrected chi connectivity index (χ0v) is 16.3. The van der Waals surface area contributed by atoms with E-state index in [9.17, 15) is 4.79 Å². The van der Waals surface area contributed by atoms with Gasteiger partial charge in [-0.05, 0) is 49.6 Å². The topological polar surface area (TPSA) is 64.2 Å². The Bertz CT molecular complexity index is 935. The van der Waals surface area contributed by atoms with Gasteiger partial charge in [-0.15, -0.1) is 12.4 Å². The van der Waals surface area contributed by atoms with E-state index in [1.165, 1.54) is 0 Å². The lowest BCUT2D eigenvalue weighted by Gasteiger charge is -2.25. The van der Waals surface area contributed by atoms with Crippen molar-refractivity contribution in [2.45, 2.75) is 38.9 Å². The van der Waals surface area contributed by atoms with Crippen LogP contribution < -0.4 is 5.73 Å². The summed E-state index contributed by atoms with van der Waals surface area (Å²) in [5.41, 5.74) is 9.54. The van der Waals surface area contributed by atoms with Crippen LogP contribution in [0.25, 0.3) is 11.0 Å². The second-order valence-corrected chi connectivity index (χ2v) is 6.76. The number of fused-ring (bicyclic) bond motifs is 1. The van der Waals surface area contributed by atoms with E-state index in [1.54, 1.807) is 0 Å². The highest BCUT2D eigenvalue weighted by Gasteiger charge is 2.34. The number of likely N-dealkylation sites (tertiary alicyclic amines) is 1. The molecule has 0 bridgehead atoms. The van der Waals surface area contributed by atoms with E-state index >= 15 is 0 Å². The second-order valence-electron chi connectivity index (χ2n) is 6.76. The Labute approximate surface area is 165 Å². The Morgan fingerprint density at radius 2 is 1.93 bits per heavy atom. The number of nitrogens with zero attached hydrogens (tertiary/aromatic N) is 3. The molecule has 0 radical (unpaired) electrons. The van der Waals surface area contributed by atoms with Gasteiger partial charge < -0.3 is 15.2 Å². The molecule has 0 saturated carbocycles. The average molecular weight is 385 g/mol. The molecule has 1 aliphatic rings. The number of imidazole rings is 1. The molecule has 1 amide bonds. The minimum Gasteiger partial charge on any atom is -0.328 e. The minimum atomic E-state index is 0. The van der Waals surface area contributed by atoms with Crippen LogP contribution in [0.2, 0.25) is 0 Å². The van der Waals surface area contributed by atoms with Crippen LogP contribution in [0.4, 0.5) is 0 Å². The summed E-state index contributed by atoms with van der Waals surface area (Å²) in [5, 5.41) is 0. The van der Waals surface area contributed by atoms with Gasteiger partial charge in [0, 0.05) is 25.2 Å². The predicted molar refractivity (Wildman–Crippen MR) is 110 cm³/mol. The zero-order chi connectivity index (χ0) is 18.1. The van der Waals surface area contributed by atoms with E-state index in [-0.39, 0.29) is 24.4 Å². The summed E-state index contributed by atoms with van der Waals surface area (Å²) in [6, 6.07) is 15.8.